The van der Waals surface area contributed by atoms with E-state index < -0.39 is 0 Å². The molecule has 3 nitrogen and oxygen atoms in total. The molecular formula is C11H21N3. The molecule has 1 fully saturated rings. The predicted octanol–water partition coefficient (Wildman–Crippen LogP) is 1.11. The molecule has 0 aromatic heterocycles. The van der Waals surface area contributed by atoms with Gasteiger partial charge in [-0.2, -0.15) is 0 Å². The maximum atomic E-state index is 4.71. The second kappa shape index (κ2) is 3.89. The van der Waals surface area contributed by atoms with Gasteiger partial charge in [0.2, 0.25) is 0 Å². The zero-order chi connectivity index (χ0) is 10.1. The van der Waals surface area contributed by atoms with Gasteiger partial charge < -0.3 is 10.2 Å². The minimum absolute atomic E-state index is 0.591. The van der Waals surface area contributed by atoms with Gasteiger partial charge in [0.15, 0.2) is 0 Å². The van der Waals surface area contributed by atoms with Crippen molar-refractivity contribution < 1.29 is 0 Å². The lowest BCUT2D eigenvalue weighted by molar-refractivity contribution is 0.215. The third kappa shape index (κ3) is 1.65. The van der Waals surface area contributed by atoms with Crippen LogP contribution < -0.4 is 5.32 Å². The number of nitrogens with zero attached hydrogens (tertiary/aromatic N) is 2. The zero-order valence-corrected chi connectivity index (χ0v) is 9.45. The molecule has 2 aliphatic rings. The highest BCUT2D eigenvalue weighted by Crippen LogP contribution is 2.32. The second-order valence-corrected chi connectivity index (χ2v) is 4.66. The third-order valence-corrected chi connectivity index (χ3v) is 3.74. The summed E-state index contributed by atoms with van der Waals surface area (Å²) in [6.45, 7) is 3.29. The Balaban J connectivity index is 1.98. The van der Waals surface area contributed by atoms with Crippen LogP contribution in [0.25, 0.3) is 0 Å². The van der Waals surface area contributed by atoms with Crippen LogP contribution in [0.3, 0.4) is 0 Å². The van der Waals surface area contributed by atoms with Crippen molar-refractivity contribution in [3.8, 4) is 0 Å². The highest BCUT2D eigenvalue weighted by atomic mass is 15.3. The molecule has 1 N–H and O–H groups in total. The Bertz CT molecular complexity index is 237. The summed E-state index contributed by atoms with van der Waals surface area (Å²) in [6, 6.07) is 1.27. The van der Waals surface area contributed by atoms with E-state index in [2.05, 4.69) is 24.2 Å². The van der Waals surface area contributed by atoms with Crippen LogP contribution in [-0.4, -0.2) is 43.5 Å². The Hall–Kier alpha value is -0.570. The number of nitrogens with one attached hydrogen (secondary N) is 1. The molecule has 1 aliphatic heterocycles. The summed E-state index contributed by atoms with van der Waals surface area (Å²) in [7, 11) is 4.23. The van der Waals surface area contributed by atoms with Gasteiger partial charge in [0, 0.05) is 7.05 Å². The van der Waals surface area contributed by atoms with Crippen molar-refractivity contribution in [1.29, 1.82) is 0 Å². The van der Waals surface area contributed by atoms with Gasteiger partial charge in [-0.25, -0.2) is 0 Å². The Morgan fingerprint density at radius 1 is 1.50 bits per heavy atom. The molecule has 0 saturated heterocycles. The summed E-state index contributed by atoms with van der Waals surface area (Å²) in [5.41, 5.74) is 0. The average Bonchev–Trinajstić information content (AvgIpc) is 2.45. The molecule has 3 unspecified atom stereocenters. The van der Waals surface area contributed by atoms with Gasteiger partial charge in [0.1, 0.15) is 0 Å². The lowest BCUT2D eigenvalue weighted by Gasteiger charge is -2.34. The molecule has 0 spiro atoms. The minimum Gasteiger partial charge on any atom is -0.359 e. The van der Waals surface area contributed by atoms with Crippen molar-refractivity contribution in [2.24, 2.45) is 10.9 Å². The summed E-state index contributed by atoms with van der Waals surface area (Å²) in [6.07, 6.45) is 3.92. The summed E-state index contributed by atoms with van der Waals surface area (Å²) in [4.78, 5) is 7.08. The van der Waals surface area contributed by atoms with Crippen LogP contribution in [0.15, 0.2) is 4.99 Å². The molecule has 0 aromatic carbocycles. The predicted molar refractivity (Wildman–Crippen MR) is 59.7 cm³/mol. The van der Waals surface area contributed by atoms with E-state index in [4.69, 9.17) is 4.99 Å². The Labute approximate surface area is 86.6 Å². The maximum Gasteiger partial charge on any atom is 0.0962 e. The molecule has 0 amide bonds. The molecule has 1 heterocycles. The Kier molecular flexibility index (Phi) is 2.77. The fourth-order valence-corrected chi connectivity index (χ4v) is 2.83. The van der Waals surface area contributed by atoms with Crippen LogP contribution in [-0.2, 0) is 0 Å². The standard InChI is InChI=1S/C11H21N3/c1-8-13-10-5-4-9(7-12-2)6-11(10)14(8)3/h9-12H,4-7H2,1-3H3. The first kappa shape index (κ1) is 9.97. The smallest absolute Gasteiger partial charge is 0.0962 e. The fourth-order valence-electron chi connectivity index (χ4n) is 2.83. The molecule has 1 aliphatic carbocycles. The third-order valence-electron chi connectivity index (χ3n) is 3.74. The summed E-state index contributed by atoms with van der Waals surface area (Å²) >= 11 is 0. The topological polar surface area (TPSA) is 27.6 Å². The van der Waals surface area contributed by atoms with Crippen LogP contribution in [0.5, 0.6) is 0 Å². The van der Waals surface area contributed by atoms with Gasteiger partial charge in [0.25, 0.3) is 0 Å². The fraction of sp³-hybridized carbons (Fsp3) is 0.909. The van der Waals surface area contributed by atoms with Crippen molar-refractivity contribution in [3.63, 3.8) is 0 Å². The van der Waals surface area contributed by atoms with Crippen molar-refractivity contribution in [3.05, 3.63) is 0 Å². The van der Waals surface area contributed by atoms with Crippen LogP contribution in [0.1, 0.15) is 26.2 Å². The molecular weight excluding hydrogens is 174 g/mol. The lowest BCUT2D eigenvalue weighted by atomic mass is 9.82. The molecule has 0 aromatic rings. The quantitative estimate of drug-likeness (QED) is 0.714. The van der Waals surface area contributed by atoms with E-state index in [1.54, 1.807) is 0 Å². The number of likely N-dealkylation sites (N-methyl/N-ethyl adjacent to an activating group) is 1. The SMILES string of the molecule is CNCC1CCC2N=C(C)N(C)C2C1. The first-order valence-corrected chi connectivity index (χ1v) is 5.64. The van der Waals surface area contributed by atoms with Crippen molar-refractivity contribution in [2.75, 3.05) is 20.6 Å². The summed E-state index contributed by atoms with van der Waals surface area (Å²) < 4.78 is 0. The highest BCUT2D eigenvalue weighted by molar-refractivity contribution is 5.81. The molecule has 14 heavy (non-hydrogen) atoms. The van der Waals surface area contributed by atoms with E-state index in [-0.39, 0.29) is 0 Å². The van der Waals surface area contributed by atoms with Gasteiger partial charge in [-0.1, -0.05) is 0 Å². The molecule has 0 bridgehead atoms. The molecule has 80 valence electrons. The van der Waals surface area contributed by atoms with Crippen molar-refractivity contribution >= 4 is 5.84 Å². The van der Waals surface area contributed by atoms with E-state index in [0.29, 0.717) is 12.1 Å². The van der Waals surface area contributed by atoms with Crippen LogP contribution in [0, 0.1) is 5.92 Å². The number of aliphatic imine (C=N–C) groups is 1. The number of hydrogen-bond donors (Lipinski definition) is 1. The number of fused-ring (bicyclic) bond motifs is 1. The van der Waals surface area contributed by atoms with Crippen LogP contribution >= 0.6 is 0 Å². The number of rotatable bonds is 2. The van der Waals surface area contributed by atoms with Crippen LogP contribution in [0.4, 0.5) is 0 Å². The second-order valence-electron chi connectivity index (χ2n) is 4.66. The minimum atomic E-state index is 0.591. The van der Waals surface area contributed by atoms with Gasteiger partial charge >= 0.3 is 0 Å². The monoisotopic (exact) mass is 195 g/mol. The molecule has 1 saturated carbocycles. The van der Waals surface area contributed by atoms with E-state index in [9.17, 15) is 0 Å². The normalized spacial score (nSPS) is 36.9. The largest absolute Gasteiger partial charge is 0.359 e. The van der Waals surface area contributed by atoms with Crippen molar-refractivity contribution in [2.45, 2.75) is 38.3 Å². The number of amidine groups is 1. The Morgan fingerprint density at radius 2 is 2.29 bits per heavy atom. The average molecular weight is 195 g/mol. The van der Waals surface area contributed by atoms with Crippen molar-refractivity contribution in [1.82, 2.24) is 10.2 Å². The summed E-state index contributed by atoms with van der Waals surface area (Å²) in [5, 5.41) is 3.29. The van der Waals surface area contributed by atoms with Gasteiger partial charge in [-0.3, -0.25) is 4.99 Å². The molecule has 3 heteroatoms. The molecule has 0 radical (unpaired) electrons. The number of hydrogen-bond acceptors (Lipinski definition) is 3. The molecule has 3 atom stereocenters. The van der Waals surface area contributed by atoms with Gasteiger partial charge in [-0.15, -0.1) is 0 Å². The maximum absolute atomic E-state index is 4.71. The first-order valence-electron chi connectivity index (χ1n) is 5.64. The molecule has 2 rings (SSSR count). The van der Waals surface area contributed by atoms with Gasteiger partial charge in [-0.05, 0) is 45.7 Å². The van der Waals surface area contributed by atoms with E-state index in [1.165, 1.54) is 25.1 Å². The zero-order valence-electron chi connectivity index (χ0n) is 9.45. The summed E-state index contributed by atoms with van der Waals surface area (Å²) in [5.74, 6) is 2.08. The first-order chi connectivity index (χ1) is 6.72. The van der Waals surface area contributed by atoms with Gasteiger partial charge in [0.05, 0.1) is 17.9 Å². The Morgan fingerprint density at radius 3 is 3.00 bits per heavy atom. The van der Waals surface area contributed by atoms with Crippen LogP contribution in [0.2, 0.25) is 0 Å². The van der Waals surface area contributed by atoms with E-state index in [1.807, 2.05) is 7.05 Å². The lowest BCUT2D eigenvalue weighted by Crippen LogP contribution is -2.42. The van der Waals surface area contributed by atoms with E-state index >= 15 is 0 Å². The highest BCUT2D eigenvalue weighted by Gasteiger charge is 2.36. The van der Waals surface area contributed by atoms with E-state index in [0.717, 1.165) is 12.5 Å².